The fraction of sp³-hybridized carbons (Fsp3) is 0.278. The summed E-state index contributed by atoms with van der Waals surface area (Å²) < 4.78 is 5.29. The van der Waals surface area contributed by atoms with Crippen LogP contribution in [0.3, 0.4) is 0 Å². The summed E-state index contributed by atoms with van der Waals surface area (Å²) in [6.45, 7) is 3.51. The molecule has 0 unspecified atom stereocenters. The number of aliphatic imine (C=N–C) groups is 1. The smallest absolute Gasteiger partial charge is 0.216 e. The van der Waals surface area contributed by atoms with Gasteiger partial charge in [-0.15, -0.1) is 24.0 Å². The van der Waals surface area contributed by atoms with Crippen molar-refractivity contribution < 1.29 is 4.42 Å². The largest absolute Gasteiger partial charge is 0.461 e. The second-order valence-corrected chi connectivity index (χ2v) is 5.67. The van der Waals surface area contributed by atoms with Gasteiger partial charge < -0.3 is 15.1 Å². The molecular weight excluding hydrogens is 443 g/mol. The quantitative estimate of drug-likeness (QED) is 0.295. The lowest BCUT2D eigenvalue weighted by atomic mass is 10.1. The molecule has 0 aliphatic heterocycles. The minimum Gasteiger partial charge on any atom is -0.461 e. The molecule has 3 N–H and O–H groups in total. The van der Waals surface area contributed by atoms with Gasteiger partial charge in [-0.25, -0.2) is 4.98 Å². The van der Waals surface area contributed by atoms with Crippen LogP contribution >= 0.6 is 24.0 Å². The van der Waals surface area contributed by atoms with Gasteiger partial charge in [0.25, 0.3) is 0 Å². The van der Waals surface area contributed by atoms with Crippen molar-refractivity contribution in [2.45, 2.75) is 19.9 Å². The Kier molecular flexibility index (Phi) is 7.64. The number of aromatic amines is 1. The Hall–Kier alpha value is -2.36. The van der Waals surface area contributed by atoms with Crippen LogP contribution in [0.5, 0.6) is 0 Å². The molecule has 2 heterocycles. The first-order chi connectivity index (χ1) is 12.2. The zero-order valence-corrected chi connectivity index (χ0v) is 17.2. The third-order valence-corrected chi connectivity index (χ3v) is 3.69. The van der Waals surface area contributed by atoms with Gasteiger partial charge in [0.2, 0.25) is 5.82 Å². The minimum absolute atomic E-state index is 0. The van der Waals surface area contributed by atoms with Crippen molar-refractivity contribution in [3.8, 4) is 11.6 Å². The number of aryl methyl sites for hydroxylation is 1. The molecule has 26 heavy (non-hydrogen) atoms. The molecule has 0 fully saturated rings. The Morgan fingerprint density at radius 2 is 2.12 bits per heavy atom. The number of aromatic nitrogens is 3. The van der Waals surface area contributed by atoms with E-state index in [0.29, 0.717) is 24.6 Å². The molecule has 0 saturated heterocycles. The van der Waals surface area contributed by atoms with Crippen molar-refractivity contribution in [2.75, 3.05) is 13.6 Å². The Labute approximate surface area is 169 Å². The first kappa shape index (κ1) is 20.0. The Morgan fingerprint density at radius 1 is 1.23 bits per heavy atom. The fourth-order valence-electron chi connectivity index (χ4n) is 2.45. The van der Waals surface area contributed by atoms with E-state index in [1.807, 2.05) is 12.1 Å². The van der Waals surface area contributed by atoms with Gasteiger partial charge in [0.05, 0.1) is 6.26 Å². The number of rotatable bonds is 6. The summed E-state index contributed by atoms with van der Waals surface area (Å²) in [5, 5.41) is 13.7. The molecular formula is C18H23IN6O. The van der Waals surface area contributed by atoms with E-state index in [4.69, 9.17) is 4.42 Å². The maximum absolute atomic E-state index is 5.29. The maximum atomic E-state index is 5.29. The van der Waals surface area contributed by atoms with Gasteiger partial charge in [-0.3, -0.25) is 10.1 Å². The van der Waals surface area contributed by atoms with Gasteiger partial charge in [0.1, 0.15) is 5.82 Å². The highest BCUT2D eigenvalue weighted by atomic mass is 127. The predicted molar refractivity (Wildman–Crippen MR) is 113 cm³/mol. The van der Waals surface area contributed by atoms with Crippen LogP contribution < -0.4 is 10.6 Å². The molecule has 8 heteroatoms. The molecule has 3 rings (SSSR count). The van der Waals surface area contributed by atoms with Crippen LogP contribution in [0.4, 0.5) is 0 Å². The second kappa shape index (κ2) is 9.95. The summed E-state index contributed by atoms with van der Waals surface area (Å²) in [6.07, 6.45) is 2.32. The molecule has 0 atom stereocenters. The zero-order chi connectivity index (χ0) is 17.5. The van der Waals surface area contributed by atoms with Crippen LogP contribution in [0.2, 0.25) is 0 Å². The summed E-state index contributed by atoms with van der Waals surface area (Å²) in [5.74, 6) is 2.79. The summed E-state index contributed by atoms with van der Waals surface area (Å²) in [6, 6.07) is 12.1. The van der Waals surface area contributed by atoms with Crippen molar-refractivity contribution in [1.82, 2.24) is 25.8 Å². The van der Waals surface area contributed by atoms with Crippen LogP contribution in [-0.2, 0) is 13.0 Å². The second-order valence-electron chi connectivity index (χ2n) is 5.67. The number of furan rings is 1. The first-order valence-corrected chi connectivity index (χ1v) is 8.20. The van der Waals surface area contributed by atoms with E-state index >= 15 is 0 Å². The van der Waals surface area contributed by atoms with Gasteiger partial charge in [-0.05, 0) is 24.6 Å². The predicted octanol–water partition coefficient (Wildman–Crippen LogP) is 2.90. The van der Waals surface area contributed by atoms with Crippen molar-refractivity contribution in [1.29, 1.82) is 0 Å². The van der Waals surface area contributed by atoms with Crippen LogP contribution in [0.15, 0.2) is 52.1 Å². The van der Waals surface area contributed by atoms with Crippen molar-refractivity contribution in [2.24, 2.45) is 4.99 Å². The average molecular weight is 466 g/mol. The number of hydrogen-bond donors (Lipinski definition) is 3. The number of nitrogens with zero attached hydrogens (tertiary/aromatic N) is 3. The van der Waals surface area contributed by atoms with Gasteiger partial charge in [-0.1, -0.05) is 29.8 Å². The van der Waals surface area contributed by atoms with E-state index in [1.165, 1.54) is 11.1 Å². The summed E-state index contributed by atoms with van der Waals surface area (Å²) in [5.41, 5.74) is 2.47. The molecule has 0 aliphatic carbocycles. The zero-order valence-electron chi connectivity index (χ0n) is 14.8. The van der Waals surface area contributed by atoms with Crippen molar-refractivity contribution in [3.05, 3.63) is 59.6 Å². The first-order valence-electron chi connectivity index (χ1n) is 8.20. The van der Waals surface area contributed by atoms with Crippen LogP contribution in [0, 0.1) is 6.92 Å². The number of halogens is 1. The van der Waals surface area contributed by atoms with Crippen LogP contribution in [0.1, 0.15) is 17.0 Å². The topological polar surface area (TPSA) is 91.1 Å². The lowest BCUT2D eigenvalue weighted by molar-refractivity contribution is 0.577. The molecule has 7 nitrogen and oxygen atoms in total. The molecule has 0 radical (unpaired) electrons. The number of benzene rings is 1. The number of H-pyrrole nitrogens is 1. The van der Waals surface area contributed by atoms with E-state index in [0.717, 1.165) is 18.3 Å². The number of nitrogens with one attached hydrogen (secondary N) is 3. The Balaban J connectivity index is 0.00000243. The third-order valence-electron chi connectivity index (χ3n) is 3.69. The number of guanidine groups is 1. The van der Waals surface area contributed by atoms with Gasteiger partial charge in [0, 0.05) is 26.6 Å². The fourth-order valence-corrected chi connectivity index (χ4v) is 2.45. The van der Waals surface area contributed by atoms with Crippen LogP contribution in [0.25, 0.3) is 11.6 Å². The standard InChI is InChI=1S/C18H22N6O.HI/c1-13-5-3-6-14(11-13)12-21-18(19-2)20-9-8-16-22-17(24-23-16)15-7-4-10-25-15;/h3-7,10-11H,8-9,12H2,1-2H3,(H2,19,20,21)(H,22,23,24);1H. The van der Waals surface area contributed by atoms with Gasteiger partial charge >= 0.3 is 0 Å². The summed E-state index contributed by atoms with van der Waals surface area (Å²) in [7, 11) is 1.76. The molecule has 0 spiro atoms. The molecule has 138 valence electrons. The van der Waals surface area contributed by atoms with Crippen LogP contribution in [-0.4, -0.2) is 34.7 Å². The summed E-state index contributed by atoms with van der Waals surface area (Å²) >= 11 is 0. The Morgan fingerprint density at radius 3 is 2.85 bits per heavy atom. The van der Waals surface area contributed by atoms with E-state index in [1.54, 1.807) is 13.3 Å². The molecule has 0 saturated carbocycles. The van der Waals surface area contributed by atoms with E-state index in [2.05, 4.69) is 62.0 Å². The van der Waals surface area contributed by atoms with Crippen molar-refractivity contribution in [3.63, 3.8) is 0 Å². The lowest BCUT2D eigenvalue weighted by Gasteiger charge is -2.11. The van der Waals surface area contributed by atoms with E-state index < -0.39 is 0 Å². The van der Waals surface area contributed by atoms with E-state index in [-0.39, 0.29) is 24.0 Å². The summed E-state index contributed by atoms with van der Waals surface area (Å²) in [4.78, 5) is 8.65. The molecule has 2 aromatic heterocycles. The van der Waals surface area contributed by atoms with Crippen molar-refractivity contribution >= 4 is 29.9 Å². The molecule has 0 aliphatic rings. The third kappa shape index (κ3) is 5.58. The van der Waals surface area contributed by atoms with E-state index in [9.17, 15) is 0 Å². The monoisotopic (exact) mass is 466 g/mol. The molecule has 3 aromatic rings. The highest BCUT2D eigenvalue weighted by molar-refractivity contribution is 14.0. The highest BCUT2D eigenvalue weighted by Crippen LogP contribution is 2.14. The maximum Gasteiger partial charge on any atom is 0.216 e. The van der Waals surface area contributed by atoms with Gasteiger partial charge in [-0.2, -0.15) is 5.10 Å². The number of hydrogen-bond acceptors (Lipinski definition) is 4. The molecule has 0 amide bonds. The average Bonchev–Trinajstić information content (AvgIpc) is 3.29. The minimum atomic E-state index is 0. The molecule has 1 aromatic carbocycles. The highest BCUT2D eigenvalue weighted by Gasteiger charge is 2.08. The Bertz CT molecular complexity index is 828. The normalized spacial score (nSPS) is 11.1. The van der Waals surface area contributed by atoms with Gasteiger partial charge in [0.15, 0.2) is 11.7 Å². The molecule has 0 bridgehead atoms. The SMILES string of the molecule is CN=C(NCCc1nc(-c2ccco2)n[nH]1)NCc1cccc(C)c1.I. The lowest BCUT2D eigenvalue weighted by Crippen LogP contribution is -2.37.